The van der Waals surface area contributed by atoms with Gasteiger partial charge >= 0.3 is 0 Å². The number of benzene rings is 3. The van der Waals surface area contributed by atoms with Crippen LogP contribution in [0.15, 0.2) is 77.7 Å². The summed E-state index contributed by atoms with van der Waals surface area (Å²) in [5.41, 5.74) is 2.64. The van der Waals surface area contributed by atoms with Crippen molar-refractivity contribution >= 4 is 39.1 Å². The molecule has 3 rings (SSSR count). The van der Waals surface area contributed by atoms with Crippen molar-refractivity contribution in [3.8, 4) is 0 Å². The van der Waals surface area contributed by atoms with Crippen molar-refractivity contribution < 1.29 is 18.0 Å². The van der Waals surface area contributed by atoms with Crippen LogP contribution in [0, 0.1) is 13.8 Å². The standard InChI is InChI=1S/C29H34ClN3O4S/c1-20(2)31-29(35)23(5)32(18-24-11-7-8-12-26(24)30)28(34)19-33(27-13-9-6-10-22(27)4)38(36,37)25-16-14-21(3)15-17-25/h6-17,20,23H,18-19H2,1-5H3,(H,31,35)/t23-/m1/s1. The number of nitrogens with zero attached hydrogens (tertiary/aromatic N) is 2. The molecular weight excluding hydrogens is 522 g/mol. The van der Waals surface area contributed by atoms with Gasteiger partial charge in [-0.05, 0) is 70.0 Å². The van der Waals surface area contributed by atoms with E-state index in [4.69, 9.17) is 11.6 Å². The van der Waals surface area contributed by atoms with Gasteiger partial charge in [-0.3, -0.25) is 13.9 Å². The summed E-state index contributed by atoms with van der Waals surface area (Å²) in [6.07, 6.45) is 0. The van der Waals surface area contributed by atoms with Gasteiger partial charge in [-0.15, -0.1) is 0 Å². The Morgan fingerprint density at radius 1 is 0.895 bits per heavy atom. The largest absolute Gasteiger partial charge is 0.352 e. The molecule has 3 aromatic carbocycles. The van der Waals surface area contributed by atoms with Crippen LogP contribution in [0.4, 0.5) is 5.69 Å². The van der Waals surface area contributed by atoms with E-state index in [1.54, 1.807) is 74.5 Å². The van der Waals surface area contributed by atoms with Gasteiger partial charge in [-0.25, -0.2) is 8.42 Å². The summed E-state index contributed by atoms with van der Waals surface area (Å²) in [5.74, 6) is -0.875. The molecule has 0 spiro atoms. The Hall–Kier alpha value is -3.36. The minimum absolute atomic E-state index is 0.0391. The number of carbonyl (C=O) groups excluding carboxylic acids is 2. The van der Waals surface area contributed by atoms with Crippen LogP contribution < -0.4 is 9.62 Å². The summed E-state index contributed by atoms with van der Waals surface area (Å²) in [5, 5.41) is 3.28. The zero-order valence-corrected chi connectivity index (χ0v) is 23.9. The van der Waals surface area contributed by atoms with Crippen molar-refractivity contribution in [3.63, 3.8) is 0 Å². The molecule has 1 N–H and O–H groups in total. The lowest BCUT2D eigenvalue weighted by atomic mass is 10.1. The maximum absolute atomic E-state index is 13.9. The Morgan fingerprint density at radius 3 is 2.11 bits per heavy atom. The highest BCUT2D eigenvalue weighted by Crippen LogP contribution is 2.28. The third kappa shape index (κ3) is 6.94. The summed E-state index contributed by atoms with van der Waals surface area (Å²) in [4.78, 5) is 28.3. The smallest absolute Gasteiger partial charge is 0.264 e. The van der Waals surface area contributed by atoms with Gasteiger partial charge in [-0.1, -0.05) is 65.7 Å². The van der Waals surface area contributed by atoms with Gasteiger partial charge < -0.3 is 10.2 Å². The van der Waals surface area contributed by atoms with E-state index in [2.05, 4.69) is 5.32 Å². The number of anilines is 1. The first-order chi connectivity index (χ1) is 17.9. The zero-order valence-electron chi connectivity index (χ0n) is 22.3. The van der Waals surface area contributed by atoms with E-state index in [0.29, 0.717) is 21.8 Å². The quantitative estimate of drug-likeness (QED) is 0.377. The topological polar surface area (TPSA) is 86.8 Å². The van der Waals surface area contributed by atoms with E-state index in [9.17, 15) is 18.0 Å². The van der Waals surface area contributed by atoms with Crippen LogP contribution in [0.25, 0.3) is 0 Å². The summed E-state index contributed by atoms with van der Waals surface area (Å²) >= 11 is 6.38. The number of halogens is 1. The Morgan fingerprint density at radius 2 is 1.50 bits per heavy atom. The monoisotopic (exact) mass is 555 g/mol. The molecule has 7 nitrogen and oxygen atoms in total. The van der Waals surface area contributed by atoms with E-state index in [1.807, 2.05) is 20.8 Å². The number of sulfonamides is 1. The van der Waals surface area contributed by atoms with Crippen LogP contribution in [-0.2, 0) is 26.2 Å². The molecule has 0 fully saturated rings. The predicted octanol–water partition coefficient (Wildman–Crippen LogP) is 5.09. The molecule has 0 bridgehead atoms. The van der Waals surface area contributed by atoms with E-state index in [-0.39, 0.29) is 23.4 Å². The van der Waals surface area contributed by atoms with Gasteiger partial charge in [0.25, 0.3) is 10.0 Å². The fourth-order valence-electron chi connectivity index (χ4n) is 3.99. The minimum Gasteiger partial charge on any atom is -0.352 e. The van der Waals surface area contributed by atoms with Gasteiger partial charge in [0, 0.05) is 17.6 Å². The fourth-order valence-corrected chi connectivity index (χ4v) is 5.67. The summed E-state index contributed by atoms with van der Waals surface area (Å²) in [6, 6.07) is 19.5. The van der Waals surface area contributed by atoms with Crippen LogP contribution in [0.3, 0.4) is 0 Å². The van der Waals surface area contributed by atoms with Crippen molar-refractivity contribution in [3.05, 3.63) is 94.5 Å². The normalized spacial score (nSPS) is 12.2. The second-order valence-corrected chi connectivity index (χ2v) is 11.8. The molecule has 0 aromatic heterocycles. The molecule has 0 saturated heterocycles. The molecule has 3 aromatic rings. The number of rotatable bonds is 10. The fraction of sp³-hybridized carbons (Fsp3) is 0.310. The summed E-state index contributed by atoms with van der Waals surface area (Å²) in [6.45, 7) is 8.49. The average molecular weight is 556 g/mol. The predicted molar refractivity (Wildman–Crippen MR) is 152 cm³/mol. The number of hydrogen-bond acceptors (Lipinski definition) is 4. The van der Waals surface area contributed by atoms with Crippen LogP contribution in [0.1, 0.15) is 37.5 Å². The highest BCUT2D eigenvalue weighted by atomic mass is 35.5. The van der Waals surface area contributed by atoms with E-state index in [1.165, 1.54) is 17.0 Å². The first-order valence-corrected chi connectivity index (χ1v) is 14.2. The first-order valence-electron chi connectivity index (χ1n) is 12.4. The molecule has 0 saturated carbocycles. The van der Waals surface area contributed by atoms with Gasteiger partial charge in [0.05, 0.1) is 10.6 Å². The Bertz CT molecular complexity index is 1390. The van der Waals surface area contributed by atoms with Gasteiger partial charge in [0.2, 0.25) is 11.8 Å². The van der Waals surface area contributed by atoms with Gasteiger partial charge in [0.15, 0.2) is 0 Å². The van der Waals surface area contributed by atoms with Crippen LogP contribution in [-0.4, -0.2) is 43.8 Å². The number of para-hydroxylation sites is 1. The third-order valence-electron chi connectivity index (χ3n) is 6.17. The minimum atomic E-state index is -4.11. The van der Waals surface area contributed by atoms with Crippen LogP contribution in [0.5, 0.6) is 0 Å². The Balaban J connectivity index is 2.06. The molecule has 202 valence electrons. The van der Waals surface area contributed by atoms with E-state index < -0.39 is 28.5 Å². The molecule has 1 atom stereocenters. The summed E-state index contributed by atoms with van der Waals surface area (Å²) in [7, 11) is -4.11. The Labute approximate surface area is 230 Å². The molecule has 0 aliphatic carbocycles. The lowest BCUT2D eigenvalue weighted by Gasteiger charge is -2.33. The molecule has 9 heteroatoms. The molecule has 0 radical (unpaired) electrons. The first kappa shape index (κ1) is 29.2. The number of carbonyl (C=O) groups is 2. The maximum Gasteiger partial charge on any atom is 0.264 e. The van der Waals surface area contributed by atoms with Crippen molar-refractivity contribution in [2.75, 3.05) is 10.8 Å². The maximum atomic E-state index is 13.9. The van der Waals surface area contributed by atoms with Crippen LogP contribution in [0.2, 0.25) is 5.02 Å². The molecule has 38 heavy (non-hydrogen) atoms. The second-order valence-electron chi connectivity index (χ2n) is 9.56. The number of hydrogen-bond donors (Lipinski definition) is 1. The average Bonchev–Trinajstić information content (AvgIpc) is 2.86. The van der Waals surface area contributed by atoms with E-state index >= 15 is 0 Å². The van der Waals surface area contributed by atoms with Crippen molar-refractivity contribution in [1.82, 2.24) is 10.2 Å². The molecule has 0 aliphatic rings. The number of aryl methyl sites for hydroxylation is 2. The van der Waals surface area contributed by atoms with Crippen LogP contribution >= 0.6 is 11.6 Å². The highest BCUT2D eigenvalue weighted by Gasteiger charge is 2.33. The zero-order chi connectivity index (χ0) is 28.0. The van der Waals surface area contributed by atoms with E-state index in [0.717, 1.165) is 9.87 Å². The lowest BCUT2D eigenvalue weighted by Crippen LogP contribution is -2.52. The summed E-state index contributed by atoms with van der Waals surface area (Å²) < 4.78 is 28.9. The SMILES string of the molecule is Cc1ccc(S(=O)(=O)N(CC(=O)N(Cc2ccccc2Cl)[C@H](C)C(=O)NC(C)C)c2ccccc2C)cc1. The second kappa shape index (κ2) is 12.5. The molecule has 2 amide bonds. The Kier molecular flexibility index (Phi) is 9.57. The molecule has 0 heterocycles. The number of nitrogens with one attached hydrogen (secondary N) is 1. The molecule has 0 aliphatic heterocycles. The van der Waals surface area contributed by atoms with Gasteiger partial charge in [-0.2, -0.15) is 0 Å². The van der Waals surface area contributed by atoms with Crippen molar-refractivity contribution in [2.45, 2.75) is 58.1 Å². The lowest BCUT2D eigenvalue weighted by molar-refractivity contribution is -0.139. The van der Waals surface area contributed by atoms with Crippen molar-refractivity contribution in [2.24, 2.45) is 0 Å². The number of amides is 2. The third-order valence-corrected chi connectivity index (χ3v) is 8.31. The molecular formula is C29H34ClN3O4S. The molecule has 0 unspecified atom stereocenters. The highest BCUT2D eigenvalue weighted by molar-refractivity contribution is 7.92. The van der Waals surface area contributed by atoms with Crippen molar-refractivity contribution in [1.29, 1.82) is 0 Å². The van der Waals surface area contributed by atoms with Gasteiger partial charge in [0.1, 0.15) is 12.6 Å².